The Balaban J connectivity index is 2.05. The molecule has 2 rings (SSSR count). The maximum Gasteiger partial charge on any atom is 0.138 e. The molecule has 1 heterocycles. The summed E-state index contributed by atoms with van der Waals surface area (Å²) in [5.41, 5.74) is 2.06. The van der Waals surface area contributed by atoms with Gasteiger partial charge in [-0.05, 0) is 40.0 Å². The van der Waals surface area contributed by atoms with Crippen molar-refractivity contribution in [1.82, 2.24) is 10.5 Å². The minimum atomic E-state index is -0.206. The third-order valence-electron chi connectivity index (χ3n) is 3.47. The first kappa shape index (κ1) is 11.6. The molecule has 3 atom stereocenters. The number of nitrogens with one attached hydrogen (secondary N) is 1. The summed E-state index contributed by atoms with van der Waals surface area (Å²) in [4.78, 5) is 0. The number of aliphatic hydroxyl groups excluding tert-OH is 1. The molecular weight excluding hydrogens is 204 g/mol. The highest BCUT2D eigenvalue weighted by Crippen LogP contribution is 2.25. The summed E-state index contributed by atoms with van der Waals surface area (Å²) in [5.74, 6) is 0.866. The van der Waals surface area contributed by atoms with E-state index in [-0.39, 0.29) is 18.2 Å². The number of aromatic nitrogens is 1. The molecule has 4 nitrogen and oxygen atoms in total. The number of aryl methyl sites for hydroxylation is 2. The van der Waals surface area contributed by atoms with Crippen LogP contribution >= 0.6 is 0 Å². The monoisotopic (exact) mass is 224 g/mol. The van der Waals surface area contributed by atoms with E-state index in [2.05, 4.69) is 17.4 Å². The zero-order chi connectivity index (χ0) is 11.7. The van der Waals surface area contributed by atoms with E-state index < -0.39 is 0 Å². The molecule has 4 heteroatoms. The van der Waals surface area contributed by atoms with Crippen LogP contribution in [0.15, 0.2) is 4.52 Å². The fourth-order valence-corrected chi connectivity index (χ4v) is 2.65. The Kier molecular flexibility index (Phi) is 3.30. The molecule has 1 aromatic heterocycles. The summed E-state index contributed by atoms with van der Waals surface area (Å²) in [6.45, 7) is 5.98. The van der Waals surface area contributed by atoms with Gasteiger partial charge in [-0.2, -0.15) is 0 Å². The van der Waals surface area contributed by atoms with E-state index in [1.165, 1.54) is 0 Å². The van der Waals surface area contributed by atoms with Crippen LogP contribution in [0.3, 0.4) is 0 Å². The Labute approximate surface area is 96.0 Å². The van der Waals surface area contributed by atoms with Gasteiger partial charge in [0.05, 0.1) is 11.8 Å². The Hall–Kier alpha value is -0.870. The lowest BCUT2D eigenvalue weighted by Crippen LogP contribution is -2.37. The topological polar surface area (TPSA) is 58.3 Å². The van der Waals surface area contributed by atoms with Gasteiger partial charge in [0, 0.05) is 17.6 Å². The normalized spacial score (nSPS) is 27.2. The smallest absolute Gasteiger partial charge is 0.138 e. The molecule has 1 aliphatic rings. The number of rotatable bonds is 3. The van der Waals surface area contributed by atoms with Crippen LogP contribution in [-0.2, 0) is 0 Å². The van der Waals surface area contributed by atoms with Crippen LogP contribution in [0, 0.1) is 13.8 Å². The molecule has 0 aliphatic heterocycles. The van der Waals surface area contributed by atoms with Crippen LogP contribution in [0.2, 0.25) is 0 Å². The number of hydrogen-bond donors (Lipinski definition) is 2. The van der Waals surface area contributed by atoms with Gasteiger partial charge in [-0.3, -0.25) is 0 Å². The van der Waals surface area contributed by atoms with Crippen LogP contribution in [0.25, 0.3) is 0 Å². The van der Waals surface area contributed by atoms with Crippen molar-refractivity contribution >= 4 is 0 Å². The second kappa shape index (κ2) is 4.55. The van der Waals surface area contributed by atoms with Gasteiger partial charge in [0.15, 0.2) is 0 Å². The van der Waals surface area contributed by atoms with Crippen molar-refractivity contribution < 1.29 is 9.63 Å². The highest BCUT2D eigenvalue weighted by Gasteiger charge is 2.28. The van der Waals surface area contributed by atoms with Gasteiger partial charge in [0.25, 0.3) is 0 Å². The van der Waals surface area contributed by atoms with Gasteiger partial charge in [-0.15, -0.1) is 0 Å². The first-order chi connectivity index (χ1) is 7.59. The molecule has 1 aromatic rings. The molecule has 0 spiro atoms. The largest absolute Gasteiger partial charge is 0.392 e. The minimum absolute atomic E-state index is 0.184. The third-order valence-corrected chi connectivity index (χ3v) is 3.47. The van der Waals surface area contributed by atoms with E-state index in [1.807, 2.05) is 13.8 Å². The lowest BCUT2D eigenvalue weighted by atomic mass is 10.1. The summed E-state index contributed by atoms with van der Waals surface area (Å²) in [6, 6.07) is 0.396. The zero-order valence-electron chi connectivity index (χ0n) is 10.2. The van der Waals surface area contributed by atoms with Crippen LogP contribution in [0.1, 0.15) is 49.2 Å². The van der Waals surface area contributed by atoms with Crippen LogP contribution < -0.4 is 5.32 Å². The summed E-state index contributed by atoms with van der Waals surface area (Å²) >= 11 is 0. The summed E-state index contributed by atoms with van der Waals surface area (Å²) < 4.78 is 5.16. The molecule has 2 N–H and O–H groups in total. The molecule has 90 valence electrons. The highest BCUT2D eigenvalue weighted by atomic mass is 16.5. The molecule has 1 saturated carbocycles. The van der Waals surface area contributed by atoms with E-state index in [4.69, 9.17) is 4.52 Å². The molecule has 3 unspecified atom stereocenters. The molecule has 0 radical (unpaired) electrons. The predicted octanol–water partition coefficient (Wildman–Crippen LogP) is 1.86. The molecule has 0 saturated heterocycles. The molecule has 0 bridgehead atoms. The fourth-order valence-electron chi connectivity index (χ4n) is 2.65. The van der Waals surface area contributed by atoms with Crippen LogP contribution in [0.4, 0.5) is 0 Å². The van der Waals surface area contributed by atoms with E-state index in [9.17, 15) is 5.11 Å². The van der Waals surface area contributed by atoms with Crippen molar-refractivity contribution in [3.63, 3.8) is 0 Å². The molecule has 0 amide bonds. The standard InChI is InChI=1S/C12H20N2O2/c1-7(12-8(2)14-16-9(12)3)13-10-5-4-6-11(10)15/h7,10-11,13,15H,4-6H2,1-3H3. The quantitative estimate of drug-likeness (QED) is 0.822. The van der Waals surface area contributed by atoms with Gasteiger partial charge >= 0.3 is 0 Å². The van der Waals surface area contributed by atoms with E-state index >= 15 is 0 Å². The predicted molar refractivity (Wildman–Crippen MR) is 61.2 cm³/mol. The number of aliphatic hydroxyl groups is 1. The molecular formula is C12H20N2O2. The fraction of sp³-hybridized carbons (Fsp3) is 0.750. The Morgan fingerprint density at radius 3 is 2.69 bits per heavy atom. The van der Waals surface area contributed by atoms with Crippen molar-refractivity contribution in [2.24, 2.45) is 0 Å². The maximum absolute atomic E-state index is 9.77. The lowest BCUT2D eigenvalue weighted by molar-refractivity contribution is 0.144. The maximum atomic E-state index is 9.77. The van der Waals surface area contributed by atoms with Crippen molar-refractivity contribution in [2.75, 3.05) is 0 Å². The van der Waals surface area contributed by atoms with Crippen molar-refractivity contribution in [3.8, 4) is 0 Å². The van der Waals surface area contributed by atoms with Gasteiger partial charge < -0.3 is 14.9 Å². The van der Waals surface area contributed by atoms with E-state index in [1.54, 1.807) is 0 Å². The second-order valence-electron chi connectivity index (χ2n) is 4.73. The molecule has 16 heavy (non-hydrogen) atoms. The third kappa shape index (κ3) is 2.13. The van der Waals surface area contributed by atoms with Gasteiger partial charge in [0.2, 0.25) is 0 Å². The highest BCUT2D eigenvalue weighted by molar-refractivity contribution is 5.24. The van der Waals surface area contributed by atoms with Gasteiger partial charge in [-0.1, -0.05) is 5.16 Å². The van der Waals surface area contributed by atoms with Crippen molar-refractivity contribution in [3.05, 3.63) is 17.0 Å². The summed E-state index contributed by atoms with van der Waals surface area (Å²) in [6.07, 6.45) is 2.86. The Bertz CT molecular complexity index is 342. The lowest BCUT2D eigenvalue weighted by Gasteiger charge is -2.22. The molecule has 1 aliphatic carbocycles. The SMILES string of the molecule is Cc1noc(C)c1C(C)NC1CCCC1O. The first-order valence-electron chi connectivity index (χ1n) is 5.96. The van der Waals surface area contributed by atoms with Crippen molar-refractivity contribution in [1.29, 1.82) is 0 Å². The Morgan fingerprint density at radius 2 is 2.19 bits per heavy atom. The average molecular weight is 224 g/mol. The zero-order valence-corrected chi connectivity index (χ0v) is 10.2. The number of hydrogen-bond acceptors (Lipinski definition) is 4. The summed E-state index contributed by atoms with van der Waals surface area (Å²) in [5, 5.41) is 17.2. The van der Waals surface area contributed by atoms with Gasteiger partial charge in [0.1, 0.15) is 5.76 Å². The van der Waals surface area contributed by atoms with Crippen LogP contribution in [-0.4, -0.2) is 22.4 Å². The minimum Gasteiger partial charge on any atom is -0.392 e. The van der Waals surface area contributed by atoms with Gasteiger partial charge in [-0.25, -0.2) is 0 Å². The summed E-state index contributed by atoms with van der Waals surface area (Å²) in [7, 11) is 0. The average Bonchev–Trinajstić information content (AvgIpc) is 2.75. The first-order valence-corrected chi connectivity index (χ1v) is 5.96. The number of nitrogens with zero attached hydrogens (tertiary/aromatic N) is 1. The molecule has 0 aromatic carbocycles. The van der Waals surface area contributed by atoms with Crippen LogP contribution in [0.5, 0.6) is 0 Å². The van der Waals surface area contributed by atoms with E-state index in [0.717, 1.165) is 36.3 Å². The van der Waals surface area contributed by atoms with Crippen molar-refractivity contribution in [2.45, 2.75) is 58.2 Å². The Morgan fingerprint density at radius 1 is 1.44 bits per heavy atom. The molecule has 1 fully saturated rings. The second-order valence-corrected chi connectivity index (χ2v) is 4.73. The van der Waals surface area contributed by atoms with E-state index in [0.29, 0.717) is 0 Å².